The van der Waals surface area contributed by atoms with E-state index < -0.39 is 0 Å². The van der Waals surface area contributed by atoms with Crippen LogP contribution in [0.2, 0.25) is 0 Å². The minimum Gasteiger partial charge on any atom is -0.362 e. The van der Waals surface area contributed by atoms with Crippen LogP contribution >= 0.6 is 0 Å². The molecule has 2 fully saturated rings. The van der Waals surface area contributed by atoms with Gasteiger partial charge in [0.1, 0.15) is 13.2 Å². The van der Waals surface area contributed by atoms with E-state index in [9.17, 15) is 9.59 Å². The smallest absolute Gasteiger partial charge is 0.248 e. The molecule has 1 aromatic heterocycles. The molecule has 0 atom stereocenters. The molecule has 4 rings (SSSR count). The molecule has 0 bridgehead atoms. The zero-order chi connectivity index (χ0) is 22.3. The Bertz CT molecular complexity index is 895. The molecule has 2 aliphatic rings. The van der Waals surface area contributed by atoms with Crippen LogP contribution < -0.4 is 0 Å². The van der Waals surface area contributed by atoms with Gasteiger partial charge < -0.3 is 19.1 Å². The van der Waals surface area contributed by atoms with Crippen LogP contribution in [0.5, 0.6) is 0 Å². The lowest BCUT2D eigenvalue weighted by Gasteiger charge is -2.30. The summed E-state index contributed by atoms with van der Waals surface area (Å²) in [6, 6.07) is 8.03. The van der Waals surface area contributed by atoms with E-state index in [0.29, 0.717) is 24.8 Å². The first-order valence-electron chi connectivity index (χ1n) is 11.6. The van der Waals surface area contributed by atoms with Crippen molar-refractivity contribution in [3.05, 3.63) is 35.7 Å². The van der Waals surface area contributed by atoms with Crippen LogP contribution in [-0.2, 0) is 14.3 Å². The van der Waals surface area contributed by atoms with Crippen LogP contribution in [0, 0.1) is 6.92 Å². The summed E-state index contributed by atoms with van der Waals surface area (Å²) < 4.78 is 11.0. The van der Waals surface area contributed by atoms with Crippen molar-refractivity contribution in [2.45, 2.75) is 51.4 Å². The second kappa shape index (κ2) is 10.7. The summed E-state index contributed by atoms with van der Waals surface area (Å²) in [7, 11) is 0. The number of rotatable bonds is 6. The summed E-state index contributed by atoms with van der Waals surface area (Å²) in [4.78, 5) is 33.0. The van der Waals surface area contributed by atoms with E-state index in [1.807, 2.05) is 36.1 Å². The van der Waals surface area contributed by atoms with Crippen LogP contribution in [-0.4, -0.2) is 71.1 Å². The quantitative estimate of drug-likeness (QED) is 0.686. The largest absolute Gasteiger partial charge is 0.362 e. The number of benzene rings is 1. The average Bonchev–Trinajstić information content (AvgIpc) is 3.14. The van der Waals surface area contributed by atoms with Crippen molar-refractivity contribution < 1.29 is 18.8 Å². The summed E-state index contributed by atoms with van der Waals surface area (Å²) in [6.07, 6.45) is 5.99. The molecule has 2 saturated heterocycles. The van der Waals surface area contributed by atoms with Crippen molar-refractivity contribution in [3.63, 3.8) is 0 Å². The third-order valence-electron chi connectivity index (χ3n) is 6.36. The highest BCUT2D eigenvalue weighted by molar-refractivity contribution is 5.79. The number of likely N-dealkylation sites (tertiary alicyclic amines) is 2. The van der Waals surface area contributed by atoms with Crippen molar-refractivity contribution in [1.82, 2.24) is 19.9 Å². The van der Waals surface area contributed by atoms with Gasteiger partial charge >= 0.3 is 0 Å². The number of aromatic nitrogens is 2. The van der Waals surface area contributed by atoms with E-state index in [-0.39, 0.29) is 30.9 Å². The maximum Gasteiger partial charge on any atom is 0.248 e. The Morgan fingerprint density at radius 3 is 2.16 bits per heavy atom. The maximum absolute atomic E-state index is 12.5. The maximum atomic E-state index is 12.5. The zero-order valence-electron chi connectivity index (χ0n) is 18.8. The fourth-order valence-electron chi connectivity index (χ4n) is 4.33. The second-order valence-electron chi connectivity index (χ2n) is 8.77. The Morgan fingerprint density at radius 2 is 1.53 bits per heavy atom. The molecule has 3 heterocycles. The number of aryl methyl sites for hydroxylation is 1. The molecule has 0 saturated carbocycles. The van der Waals surface area contributed by atoms with Crippen LogP contribution in [0.15, 0.2) is 28.8 Å². The summed E-state index contributed by atoms with van der Waals surface area (Å²) in [5, 5.41) is 4.12. The highest BCUT2D eigenvalue weighted by atomic mass is 16.5. The molecule has 2 amide bonds. The van der Waals surface area contributed by atoms with E-state index in [0.717, 1.165) is 44.3 Å². The normalized spacial score (nSPS) is 17.9. The van der Waals surface area contributed by atoms with Crippen LogP contribution in [0.3, 0.4) is 0 Å². The molecule has 2 aromatic rings. The zero-order valence-corrected chi connectivity index (χ0v) is 18.8. The van der Waals surface area contributed by atoms with Gasteiger partial charge in [-0.1, -0.05) is 47.8 Å². The summed E-state index contributed by atoms with van der Waals surface area (Å²) in [5.74, 6) is 1.29. The molecule has 8 nitrogen and oxygen atoms in total. The molecule has 1 aromatic carbocycles. The molecular weight excluding hydrogens is 408 g/mol. The highest BCUT2D eigenvalue weighted by Gasteiger charge is 2.28. The van der Waals surface area contributed by atoms with Gasteiger partial charge in [0, 0.05) is 37.7 Å². The van der Waals surface area contributed by atoms with Crippen LogP contribution in [0.4, 0.5) is 0 Å². The van der Waals surface area contributed by atoms with Crippen LogP contribution in [0.25, 0.3) is 11.4 Å². The summed E-state index contributed by atoms with van der Waals surface area (Å²) in [6.45, 7) is 4.80. The first-order chi connectivity index (χ1) is 15.6. The van der Waals surface area contributed by atoms with Crippen molar-refractivity contribution >= 4 is 11.8 Å². The Kier molecular flexibility index (Phi) is 7.52. The third kappa shape index (κ3) is 5.73. The molecule has 0 unspecified atom stereocenters. The van der Waals surface area contributed by atoms with Gasteiger partial charge in [-0.25, -0.2) is 0 Å². The average molecular weight is 441 g/mol. The number of carbonyl (C=O) groups is 2. The Labute approximate surface area is 188 Å². The first-order valence-corrected chi connectivity index (χ1v) is 11.6. The molecule has 2 aliphatic heterocycles. The SMILES string of the molecule is Cc1ccc(-c2noc(C3CCN(C(=O)COCC(=O)N4CCCCCC4)CC3)n2)cc1. The van der Waals surface area contributed by atoms with Crippen LogP contribution in [0.1, 0.15) is 55.9 Å². The monoisotopic (exact) mass is 440 g/mol. The van der Waals surface area contributed by atoms with Gasteiger partial charge in [-0.05, 0) is 32.6 Å². The number of hydrogen-bond donors (Lipinski definition) is 0. The summed E-state index contributed by atoms with van der Waals surface area (Å²) in [5.41, 5.74) is 2.12. The topological polar surface area (TPSA) is 88.8 Å². The van der Waals surface area contributed by atoms with E-state index in [2.05, 4.69) is 10.1 Å². The summed E-state index contributed by atoms with van der Waals surface area (Å²) >= 11 is 0. The van der Waals surface area contributed by atoms with Gasteiger partial charge in [0.15, 0.2) is 0 Å². The Balaban J connectivity index is 1.20. The molecule has 8 heteroatoms. The van der Waals surface area contributed by atoms with E-state index in [4.69, 9.17) is 9.26 Å². The number of ether oxygens (including phenoxy) is 1. The third-order valence-corrected chi connectivity index (χ3v) is 6.36. The van der Waals surface area contributed by atoms with Gasteiger partial charge in [0.2, 0.25) is 23.5 Å². The van der Waals surface area contributed by atoms with Crippen molar-refractivity contribution in [2.24, 2.45) is 0 Å². The van der Waals surface area contributed by atoms with Crippen molar-refractivity contribution in [3.8, 4) is 11.4 Å². The molecule has 0 aliphatic carbocycles. The van der Waals surface area contributed by atoms with Gasteiger partial charge in [-0.3, -0.25) is 9.59 Å². The molecule has 32 heavy (non-hydrogen) atoms. The van der Waals surface area contributed by atoms with Crippen molar-refractivity contribution in [2.75, 3.05) is 39.4 Å². The fraction of sp³-hybridized carbons (Fsp3) is 0.583. The van der Waals surface area contributed by atoms with Gasteiger partial charge in [-0.2, -0.15) is 4.98 Å². The molecule has 0 N–H and O–H groups in total. The number of hydrogen-bond acceptors (Lipinski definition) is 6. The van der Waals surface area contributed by atoms with Gasteiger partial charge in [0.05, 0.1) is 0 Å². The fourth-order valence-corrected chi connectivity index (χ4v) is 4.33. The Morgan fingerprint density at radius 1 is 0.938 bits per heavy atom. The predicted octanol–water partition coefficient (Wildman–Crippen LogP) is 3.17. The van der Waals surface area contributed by atoms with Crippen molar-refractivity contribution in [1.29, 1.82) is 0 Å². The lowest BCUT2D eigenvalue weighted by Crippen LogP contribution is -2.41. The minimum atomic E-state index is -0.0713. The van der Waals surface area contributed by atoms with E-state index >= 15 is 0 Å². The molecule has 0 radical (unpaired) electrons. The number of nitrogens with zero attached hydrogens (tertiary/aromatic N) is 4. The van der Waals surface area contributed by atoms with Gasteiger partial charge in [0.25, 0.3) is 0 Å². The first kappa shape index (κ1) is 22.5. The van der Waals surface area contributed by atoms with Gasteiger partial charge in [-0.15, -0.1) is 0 Å². The molecule has 0 spiro atoms. The number of piperidine rings is 1. The highest BCUT2D eigenvalue weighted by Crippen LogP contribution is 2.28. The molecule has 172 valence electrons. The van der Waals surface area contributed by atoms with E-state index in [1.165, 1.54) is 18.4 Å². The lowest BCUT2D eigenvalue weighted by molar-refractivity contribution is -0.142. The Hall–Kier alpha value is -2.74. The van der Waals surface area contributed by atoms with E-state index in [1.54, 1.807) is 4.90 Å². The number of carbonyl (C=O) groups excluding carboxylic acids is 2. The standard InChI is InChI=1S/C24H32N4O4/c1-18-6-8-19(9-7-18)23-25-24(32-26-23)20-10-14-28(15-11-20)22(30)17-31-16-21(29)27-12-4-2-3-5-13-27/h6-9,20H,2-5,10-17H2,1H3. The lowest BCUT2D eigenvalue weighted by atomic mass is 9.97. The molecular formula is C24H32N4O4. The minimum absolute atomic E-state index is 0.0146. The second-order valence-corrected chi connectivity index (χ2v) is 8.77. The predicted molar refractivity (Wildman–Crippen MR) is 119 cm³/mol. The number of amides is 2.